The molecule has 0 fully saturated rings. The van der Waals surface area contributed by atoms with Gasteiger partial charge in [-0.3, -0.25) is 9.78 Å². The van der Waals surface area contributed by atoms with Crippen LogP contribution in [0.3, 0.4) is 0 Å². The van der Waals surface area contributed by atoms with Gasteiger partial charge in [0.25, 0.3) is 0 Å². The smallest absolute Gasteiger partial charge is 0.229 e. The van der Waals surface area contributed by atoms with Crippen LogP contribution in [0, 0.1) is 0 Å². The van der Waals surface area contributed by atoms with E-state index in [2.05, 4.69) is 15.6 Å². The molecule has 1 amide bonds. The topological polar surface area (TPSA) is 47.4 Å². The summed E-state index contributed by atoms with van der Waals surface area (Å²) >= 11 is 0. The normalized spacial score (nSPS) is 18.1. The minimum Gasteiger partial charge on any atom is -0.378 e. The van der Waals surface area contributed by atoms with Crippen LogP contribution in [-0.2, 0) is 29.0 Å². The van der Waals surface area contributed by atoms with Crippen molar-refractivity contribution < 1.29 is 9.53 Å². The number of nitrogens with zero attached hydrogens (tertiary/aromatic N) is 3. The number of hydrogen-bond donors (Lipinski definition) is 0. The number of rotatable bonds is 3. The Labute approximate surface area is 124 Å². The highest BCUT2D eigenvalue weighted by Gasteiger charge is 2.24. The second kappa shape index (κ2) is 6.10. The first-order chi connectivity index (χ1) is 10.3. The molecule has 1 atom stereocenters. The Morgan fingerprint density at radius 1 is 1.33 bits per heavy atom. The minimum absolute atomic E-state index is 0.0198. The van der Waals surface area contributed by atoms with E-state index in [1.54, 1.807) is 13.3 Å². The highest BCUT2D eigenvalue weighted by atomic mass is 16.5. The van der Waals surface area contributed by atoms with E-state index in [0.29, 0.717) is 19.5 Å². The van der Waals surface area contributed by atoms with Gasteiger partial charge in [0.1, 0.15) is 0 Å². The van der Waals surface area contributed by atoms with E-state index in [-0.39, 0.29) is 12.0 Å². The number of carbonyl (C=O) groups excluding carboxylic acids is 1. The Balaban J connectivity index is 1.76. The molecule has 0 aliphatic carbocycles. The Morgan fingerprint density at radius 2 is 2.24 bits per heavy atom. The summed E-state index contributed by atoms with van der Waals surface area (Å²) < 4.78 is 7.65. The van der Waals surface area contributed by atoms with E-state index in [4.69, 9.17) is 4.74 Å². The van der Waals surface area contributed by atoms with Crippen LogP contribution in [0.4, 0.5) is 0 Å². The Hall–Kier alpha value is -2.14. The van der Waals surface area contributed by atoms with Gasteiger partial charge in [-0.2, -0.15) is 0 Å². The summed E-state index contributed by atoms with van der Waals surface area (Å²) in [5.74, 6) is 0.0883. The molecule has 0 aromatic carbocycles. The summed E-state index contributed by atoms with van der Waals surface area (Å²) in [4.78, 5) is 18.6. The quantitative estimate of drug-likeness (QED) is 0.858. The van der Waals surface area contributed by atoms with Crippen LogP contribution in [0.2, 0.25) is 0 Å². The first-order valence-corrected chi connectivity index (χ1v) is 7.11. The average molecular weight is 285 g/mol. The standard InChI is InChI=1S/C16H19N3O2/c1-21-15-11-18-8-4-6-14(18)10-19(12-15)16(20)9-13-5-2-3-7-17-13/h2-8,15H,9-12H2,1H3. The number of amides is 1. The van der Waals surface area contributed by atoms with Crippen molar-refractivity contribution in [3.63, 3.8) is 0 Å². The molecule has 110 valence electrons. The summed E-state index contributed by atoms with van der Waals surface area (Å²) in [6.07, 6.45) is 4.10. The van der Waals surface area contributed by atoms with Gasteiger partial charge in [0.2, 0.25) is 5.91 Å². The highest BCUT2D eigenvalue weighted by molar-refractivity contribution is 5.78. The monoisotopic (exact) mass is 285 g/mol. The van der Waals surface area contributed by atoms with Crippen LogP contribution < -0.4 is 0 Å². The lowest BCUT2D eigenvalue weighted by atomic mass is 10.2. The number of hydrogen-bond acceptors (Lipinski definition) is 3. The molecule has 5 nitrogen and oxygen atoms in total. The van der Waals surface area contributed by atoms with Gasteiger partial charge >= 0.3 is 0 Å². The number of pyridine rings is 1. The van der Waals surface area contributed by atoms with Crippen molar-refractivity contribution in [2.45, 2.75) is 25.6 Å². The van der Waals surface area contributed by atoms with E-state index in [0.717, 1.165) is 17.9 Å². The molecule has 0 radical (unpaired) electrons. The summed E-state index contributed by atoms with van der Waals surface area (Å²) in [6, 6.07) is 9.70. The second-order valence-corrected chi connectivity index (χ2v) is 5.28. The molecule has 2 aromatic rings. The summed E-state index contributed by atoms with van der Waals surface area (Å²) in [5, 5.41) is 0. The fourth-order valence-electron chi connectivity index (χ4n) is 2.66. The van der Waals surface area contributed by atoms with Crippen molar-refractivity contribution in [2.24, 2.45) is 0 Å². The molecule has 1 unspecified atom stereocenters. The predicted octanol–water partition coefficient (Wildman–Crippen LogP) is 1.48. The number of ether oxygens (including phenoxy) is 1. The average Bonchev–Trinajstić information content (AvgIpc) is 2.85. The molecule has 0 spiro atoms. The van der Waals surface area contributed by atoms with Crippen LogP contribution >= 0.6 is 0 Å². The molecule has 1 aliphatic rings. The molecule has 21 heavy (non-hydrogen) atoms. The van der Waals surface area contributed by atoms with E-state index in [1.807, 2.05) is 35.4 Å². The van der Waals surface area contributed by atoms with E-state index in [9.17, 15) is 4.79 Å². The fraction of sp³-hybridized carbons (Fsp3) is 0.375. The van der Waals surface area contributed by atoms with Gasteiger partial charge < -0.3 is 14.2 Å². The van der Waals surface area contributed by atoms with Gasteiger partial charge in [-0.15, -0.1) is 0 Å². The molecular weight excluding hydrogens is 266 g/mol. The van der Waals surface area contributed by atoms with Crippen molar-refractivity contribution in [3.05, 3.63) is 54.1 Å². The van der Waals surface area contributed by atoms with Crippen molar-refractivity contribution >= 4 is 5.91 Å². The SMILES string of the molecule is COC1CN(C(=O)Cc2ccccn2)Cc2cccn2C1. The van der Waals surface area contributed by atoms with E-state index in [1.165, 1.54) is 0 Å². The van der Waals surface area contributed by atoms with Gasteiger partial charge in [-0.05, 0) is 24.3 Å². The van der Waals surface area contributed by atoms with Gasteiger partial charge in [-0.25, -0.2) is 0 Å². The van der Waals surface area contributed by atoms with Crippen molar-refractivity contribution in [2.75, 3.05) is 13.7 Å². The summed E-state index contributed by atoms with van der Waals surface area (Å²) in [5.41, 5.74) is 1.94. The molecule has 0 saturated carbocycles. The summed E-state index contributed by atoms with van der Waals surface area (Å²) in [6.45, 7) is 2.02. The molecule has 2 aromatic heterocycles. The lowest BCUT2D eigenvalue weighted by Crippen LogP contribution is -2.37. The first-order valence-electron chi connectivity index (χ1n) is 7.11. The van der Waals surface area contributed by atoms with Crippen LogP contribution in [0.15, 0.2) is 42.7 Å². The summed E-state index contributed by atoms with van der Waals surface area (Å²) in [7, 11) is 1.70. The Bertz CT molecular complexity index is 609. The Kier molecular flexibility index (Phi) is 4.01. The van der Waals surface area contributed by atoms with Crippen LogP contribution in [0.5, 0.6) is 0 Å². The van der Waals surface area contributed by atoms with E-state index < -0.39 is 0 Å². The maximum absolute atomic E-state index is 12.5. The molecule has 0 N–H and O–H groups in total. The van der Waals surface area contributed by atoms with Crippen molar-refractivity contribution in [3.8, 4) is 0 Å². The molecule has 3 heterocycles. The largest absolute Gasteiger partial charge is 0.378 e. The van der Waals surface area contributed by atoms with Crippen LogP contribution in [0.25, 0.3) is 0 Å². The number of carbonyl (C=O) groups is 1. The van der Waals surface area contributed by atoms with Gasteiger partial charge in [-0.1, -0.05) is 6.07 Å². The number of aromatic nitrogens is 2. The Morgan fingerprint density at radius 3 is 3.00 bits per heavy atom. The van der Waals surface area contributed by atoms with E-state index >= 15 is 0 Å². The minimum atomic E-state index is 0.0198. The van der Waals surface area contributed by atoms with Crippen molar-refractivity contribution in [1.82, 2.24) is 14.5 Å². The molecule has 5 heteroatoms. The third kappa shape index (κ3) is 3.13. The number of methoxy groups -OCH3 is 1. The third-order valence-electron chi connectivity index (χ3n) is 3.85. The van der Waals surface area contributed by atoms with Gasteiger partial charge in [0, 0.05) is 37.4 Å². The molecule has 0 bridgehead atoms. The van der Waals surface area contributed by atoms with Crippen molar-refractivity contribution in [1.29, 1.82) is 0 Å². The molecule has 0 saturated heterocycles. The fourth-order valence-corrected chi connectivity index (χ4v) is 2.66. The lowest BCUT2D eigenvalue weighted by molar-refractivity contribution is -0.132. The maximum atomic E-state index is 12.5. The zero-order chi connectivity index (χ0) is 14.7. The zero-order valence-corrected chi connectivity index (χ0v) is 12.1. The molecular formula is C16H19N3O2. The third-order valence-corrected chi connectivity index (χ3v) is 3.85. The predicted molar refractivity (Wildman–Crippen MR) is 78.6 cm³/mol. The van der Waals surface area contributed by atoms with Gasteiger partial charge in [0.05, 0.1) is 25.6 Å². The first kappa shape index (κ1) is 13.8. The van der Waals surface area contributed by atoms with Crippen LogP contribution in [-0.4, -0.2) is 40.1 Å². The molecule has 1 aliphatic heterocycles. The van der Waals surface area contributed by atoms with Crippen LogP contribution in [0.1, 0.15) is 11.4 Å². The maximum Gasteiger partial charge on any atom is 0.229 e. The van der Waals surface area contributed by atoms with Gasteiger partial charge in [0.15, 0.2) is 0 Å². The number of fused-ring (bicyclic) bond motifs is 1. The second-order valence-electron chi connectivity index (χ2n) is 5.28. The molecule has 3 rings (SSSR count). The lowest BCUT2D eigenvalue weighted by Gasteiger charge is -2.23. The highest BCUT2D eigenvalue weighted by Crippen LogP contribution is 2.16. The zero-order valence-electron chi connectivity index (χ0n) is 12.1.